The quantitative estimate of drug-likeness (QED) is 0.734. The molecule has 2 unspecified atom stereocenters. The molecule has 18 heavy (non-hydrogen) atoms. The summed E-state index contributed by atoms with van der Waals surface area (Å²) in [5.74, 6) is 1.53. The average Bonchev–Trinajstić information content (AvgIpc) is 2.37. The van der Waals surface area contributed by atoms with Crippen LogP contribution in [0.4, 0.5) is 0 Å². The minimum atomic E-state index is 0.223. The maximum Gasteiger partial charge on any atom is 0.220 e. The number of nitrogens with one attached hydrogen (secondary N) is 1. The van der Waals surface area contributed by atoms with Crippen LogP contribution in [0.5, 0.6) is 0 Å². The molecule has 1 saturated carbocycles. The zero-order valence-electron chi connectivity index (χ0n) is 12.1. The van der Waals surface area contributed by atoms with Crippen molar-refractivity contribution in [3.63, 3.8) is 0 Å². The zero-order valence-corrected chi connectivity index (χ0v) is 12.1. The van der Waals surface area contributed by atoms with Crippen LogP contribution >= 0.6 is 0 Å². The van der Waals surface area contributed by atoms with E-state index in [0.29, 0.717) is 24.3 Å². The Morgan fingerprint density at radius 1 is 1.33 bits per heavy atom. The second kappa shape index (κ2) is 8.52. The molecule has 0 aliphatic heterocycles. The number of hydrogen-bond acceptors (Lipinski definition) is 2. The van der Waals surface area contributed by atoms with Crippen molar-refractivity contribution >= 4 is 5.91 Å². The van der Waals surface area contributed by atoms with Crippen molar-refractivity contribution in [2.75, 3.05) is 6.54 Å². The van der Waals surface area contributed by atoms with E-state index in [9.17, 15) is 4.79 Å². The molecule has 0 heterocycles. The third kappa shape index (κ3) is 5.85. The number of carbonyl (C=O) groups is 1. The lowest BCUT2D eigenvalue weighted by molar-refractivity contribution is -0.121. The molecule has 1 aliphatic carbocycles. The normalized spacial score (nSPS) is 24.2. The van der Waals surface area contributed by atoms with Crippen molar-refractivity contribution in [2.45, 2.75) is 71.3 Å². The highest BCUT2D eigenvalue weighted by molar-refractivity contribution is 5.75. The minimum Gasteiger partial charge on any atom is -0.356 e. The fourth-order valence-corrected chi connectivity index (χ4v) is 2.85. The molecule has 1 amide bonds. The van der Waals surface area contributed by atoms with Crippen molar-refractivity contribution in [1.29, 1.82) is 0 Å². The van der Waals surface area contributed by atoms with Crippen LogP contribution in [0.3, 0.4) is 0 Å². The molecule has 0 aromatic carbocycles. The van der Waals surface area contributed by atoms with Gasteiger partial charge in [-0.1, -0.05) is 39.5 Å². The molecule has 1 rings (SSSR count). The van der Waals surface area contributed by atoms with Crippen molar-refractivity contribution < 1.29 is 4.79 Å². The topological polar surface area (TPSA) is 55.1 Å². The van der Waals surface area contributed by atoms with E-state index in [1.165, 1.54) is 12.8 Å². The van der Waals surface area contributed by atoms with E-state index in [1.807, 2.05) is 0 Å². The highest BCUT2D eigenvalue weighted by atomic mass is 16.1. The average molecular weight is 254 g/mol. The smallest absolute Gasteiger partial charge is 0.220 e. The van der Waals surface area contributed by atoms with Crippen molar-refractivity contribution in [2.24, 2.45) is 17.6 Å². The standard InChI is InChI=1S/C15H30N2O/c1-3-12(4-2)11-17-15(18)9-8-13-6-5-7-14(16)10-13/h12-14H,3-11,16H2,1-2H3,(H,17,18). The summed E-state index contributed by atoms with van der Waals surface area (Å²) in [7, 11) is 0. The van der Waals surface area contributed by atoms with Crippen LogP contribution in [0.2, 0.25) is 0 Å². The first-order valence-electron chi connectivity index (χ1n) is 7.67. The molecule has 0 bridgehead atoms. The molecule has 0 aromatic heterocycles. The zero-order chi connectivity index (χ0) is 13.4. The van der Waals surface area contributed by atoms with Gasteiger partial charge in [0.1, 0.15) is 0 Å². The predicted octanol–water partition coefficient (Wildman–Crippen LogP) is 2.84. The predicted molar refractivity (Wildman–Crippen MR) is 76.2 cm³/mol. The van der Waals surface area contributed by atoms with Gasteiger partial charge < -0.3 is 11.1 Å². The van der Waals surface area contributed by atoms with Crippen molar-refractivity contribution in [3.8, 4) is 0 Å². The molecule has 3 N–H and O–H groups in total. The molecule has 3 nitrogen and oxygen atoms in total. The summed E-state index contributed by atoms with van der Waals surface area (Å²) >= 11 is 0. The fraction of sp³-hybridized carbons (Fsp3) is 0.933. The van der Waals surface area contributed by atoms with Crippen molar-refractivity contribution in [1.82, 2.24) is 5.32 Å². The molecular weight excluding hydrogens is 224 g/mol. The van der Waals surface area contributed by atoms with Gasteiger partial charge in [0.25, 0.3) is 0 Å². The first kappa shape index (κ1) is 15.5. The second-order valence-corrected chi connectivity index (χ2v) is 5.82. The van der Waals surface area contributed by atoms with Crippen LogP contribution in [0.25, 0.3) is 0 Å². The van der Waals surface area contributed by atoms with Gasteiger partial charge in [-0.05, 0) is 31.1 Å². The number of carbonyl (C=O) groups excluding carboxylic acids is 1. The maximum atomic E-state index is 11.8. The Labute approximate surface area is 112 Å². The van der Waals surface area contributed by atoms with E-state index < -0.39 is 0 Å². The van der Waals surface area contributed by atoms with Crippen LogP contribution in [-0.2, 0) is 4.79 Å². The molecule has 1 aliphatic rings. The van der Waals surface area contributed by atoms with Gasteiger partial charge in [0, 0.05) is 19.0 Å². The molecule has 1 fully saturated rings. The van der Waals surface area contributed by atoms with Gasteiger partial charge in [-0.3, -0.25) is 4.79 Å². The number of amides is 1. The Hall–Kier alpha value is -0.570. The van der Waals surface area contributed by atoms with Crippen molar-refractivity contribution in [3.05, 3.63) is 0 Å². The minimum absolute atomic E-state index is 0.223. The molecule has 3 heteroatoms. The van der Waals surface area contributed by atoms with Crippen LogP contribution in [-0.4, -0.2) is 18.5 Å². The summed E-state index contributed by atoms with van der Waals surface area (Å²) in [5, 5.41) is 3.07. The number of hydrogen-bond donors (Lipinski definition) is 2. The van der Waals surface area contributed by atoms with E-state index in [1.54, 1.807) is 0 Å². The molecule has 0 saturated heterocycles. The lowest BCUT2D eigenvalue weighted by Crippen LogP contribution is -2.31. The summed E-state index contributed by atoms with van der Waals surface area (Å²) < 4.78 is 0. The summed E-state index contributed by atoms with van der Waals surface area (Å²) in [6.07, 6.45) is 8.76. The van der Waals surface area contributed by atoms with Gasteiger partial charge in [0.15, 0.2) is 0 Å². The first-order valence-corrected chi connectivity index (χ1v) is 7.67. The maximum absolute atomic E-state index is 11.8. The Morgan fingerprint density at radius 2 is 2.06 bits per heavy atom. The summed E-state index contributed by atoms with van der Waals surface area (Å²) in [6.45, 7) is 5.21. The largest absolute Gasteiger partial charge is 0.356 e. The third-order valence-electron chi connectivity index (χ3n) is 4.35. The van der Waals surface area contributed by atoms with E-state index in [0.717, 1.165) is 38.6 Å². The number of nitrogens with two attached hydrogens (primary N) is 1. The van der Waals surface area contributed by atoms with Gasteiger partial charge in [-0.2, -0.15) is 0 Å². The Bertz CT molecular complexity index is 239. The van der Waals surface area contributed by atoms with Gasteiger partial charge >= 0.3 is 0 Å². The van der Waals surface area contributed by atoms with E-state index in [4.69, 9.17) is 5.73 Å². The molecule has 0 radical (unpaired) electrons. The monoisotopic (exact) mass is 254 g/mol. The molecule has 106 valence electrons. The molecular formula is C15H30N2O. The van der Waals surface area contributed by atoms with Gasteiger partial charge in [-0.15, -0.1) is 0 Å². The highest BCUT2D eigenvalue weighted by Gasteiger charge is 2.19. The Balaban J connectivity index is 2.12. The van der Waals surface area contributed by atoms with Crippen LogP contribution in [0.1, 0.15) is 65.2 Å². The van der Waals surface area contributed by atoms with Crippen LogP contribution in [0.15, 0.2) is 0 Å². The highest BCUT2D eigenvalue weighted by Crippen LogP contribution is 2.26. The fourth-order valence-electron chi connectivity index (χ4n) is 2.85. The first-order chi connectivity index (χ1) is 8.65. The van der Waals surface area contributed by atoms with Gasteiger partial charge in [0.05, 0.1) is 0 Å². The Morgan fingerprint density at radius 3 is 2.67 bits per heavy atom. The molecule has 2 atom stereocenters. The lowest BCUT2D eigenvalue weighted by atomic mass is 9.83. The third-order valence-corrected chi connectivity index (χ3v) is 4.35. The van der Waals surface area contributed by atoms with E-state index in [-0.39, 0.29) is 5.91 Å². The molecule has 0 aromatic rings. The number of rotatable bonds is 7. The summed E-state index contributed by atoms with van der Waals surface area (Å²) in [5.41, 5.74) is 5.97. The summed E-state index contributed by atoms with van der Waals surface area (Å²) in [4.78, 5) is 11.8. The van der Waals surface area contributed by atoms with Crippen LogP contribution < -0.4 is 11.1 Å². The van der Waals surface area contributed by atoms with E-state index in [2.05, 4.69) is 19.2 Å². The SMILES string of the molecule is CCC(CC)CNC(=O)CCC1CCCC(N)C1. The van der Waals surface area contributed by atoms with E-state index >= 15 is 0 Å². The second-order valence-electron chi connectivity index (χ2n) is 5.82. The summed E-state index contributed by atoms with van der Waals surface area (Å²) in [6, 6.07) is 0.372. The Kier molecular flexibility index (Phi) is 7.33. The lowest BCUT2D eigenvalue weighted by Gasteiger charge is -2.26. The van der Waals surface area contributed by atoms with Gasteiger partial charge in [-0.25, -0.2) is 0 Å². The van der Waals surface area contributed by atoms with Gasteiger partial charge in [0.2, 0.25) is 5.91 Å². The molecule has 0 spiro atoms. The van der Waals surface area contributed by atoms with Crippen LogP contribution in [0, 0.1) is 11.8 Å².